The highest BCUT2D eigenvalue weighted by molar-refractivity contribution is 5.91. The lowest BCUT2D eigenvalue weighted by molar-refractivity contribution is 0.109. The Morgan fingerprint density at radius 2 is 1.79 bits per heavy atom. The van der Waals surface area contributed by atoms with Crippen molar-refractivity contribution >= 4 is 34.3 Å². The van der Waals surface area contributed by atoms with E-state index >= 15 is 0 Å². The molecule has 2 amide bonds. The van der Waals surface area contributed by atoms with E-state index in [1.165, 1.54) is 12.8 Å². The normalized spacial score (nSPS) is 18.9. The summed E-state index contributed by atoms with van der Waals surface area (Å²) in [5, 5.41) is 7.59. The van der Waals surface area contributed by atoms with Gasteiger partial charge in [0.15, 0.2) is 0 Å². The van der Waals surface area contributed by atoms with Crippen LogP contribution in [-0.4, -0.2) is 77.4 Å². The van der Waals surface area contributed by atoms with Crippen LogP contribution in [0, 0.1) is 6.92 Å². The van der Waals surface area contributed by atoms with E-state index in [2.05, 4.69) is 43.5 Å². The zero-order valence-electron chi connectivity index (χ0n) is 22.6. The number of hydrogen-bond acceptors (Lipinski definition) is 8. The van der Waals surface area contributed by atoms with Crippen LogP contribution in [0.5, 0.6) is 5.75 Å². The predicted molar refractivity (Wildman–Crippen MR) is 151 cm³/mol. The predicted octanol–water partition coefficient (Wildman–Crippen LogP) is 4.41. The molecular formula is C29H37N7O3. The smallest absolute Gasteiger partial charge is 0.317 e. The Kier molecular flexibility index (Phi) is 7.62. The number of hydrogen-bond donors (Lipinski definition) is 2. The molecule has 10 nitrogen and oxygen atoms in total. The van der Waals surface area contributed by atoms with E-state index in [-0.39, 0.29) is 12.1 Å². The van der Waals surface area contributed by atoms with E-state index in [0.29, 0.717) is 19.3 Å². The number of aromatic nitrogens is 3. The van der Waals surface area contributed by atoms with Crippen molar-refractivity contribution in [2.45, 2.75) is 57.6 Å². The molecular weight excluding hydrogens is 494 g/mol. The highest BCUT2D eigenvalue weighted by Gasteiger charge is 2.26. The molecule has 0 bridgehead atoms. The first-order valence-corrected chi connectivity index (χ1v) is 14.2. The topological polar surface area (TPSA) is 105 Å². The monoisotopic (exact) mass is 531 g/mol. The molecule has 6 rings (SSSR count). The number of nitrogens with one attached hydrogen (secondary N) is 2. The summed E-state index contributed by atoms with van der Waals surface area (Å²) < 4.78 is 11.9. The Balaban J connectivity index is 1.08. The third-order valence-electron chi connectivity index (χ3n) is 7.99. The van der Waals surface area contributed by atoms with Crippen molar-refractivity contribution in [1.29, 1.82) is 0 Å². The van der Waals surface area contributed by atoms with Gasteiger partial charge in [0.2, 0.25) is 0 Å². The van der Waals surface area contributed by atoms with Gasteiger partial charge in [0.1, 0.15) is 29.8 Å². The fourth-order valence-corrected chi connectivity index (χ4v) is 5.70. The quantitative estimate of drug-likeness (QED) is 0.482. The number of fused-ring (bicyclic) bond motifs is 1. The number of aryl methyl sites for hydroxylation is 1. The molecule has 4 heterocycles. The van der Waals surface area contributed by atoms with Crippen molar-refractivity contribution in [3.8, 4) is 5.75 Å². The van der Waals surface area contributed by atoms with Crippen LogP contribution in [-0.2, 0) is 4.74 Å². The van der Waals surface area contributed by atoms with Crippen LogP contribution in [0.1, 0.15) is 44.1 Å². The van der Waals surface area contributed by atoms with Crippen molar-refractivity contribution in [2.24, 2.45) is 0 Å². The number of likely N-dealkylation sites (tertiary alicyclic amines) is 1. The maximum absolute atomic E-state index is 12.6. The van der Waals surface area contributed by atoms with Gasteiger partial charge in [0, 0.05) is 56.1 Å². The second kappa shape index (κ2) is 11.6. The molecule has 2 saturated heterocycles. The molecule has 2 N–H and O–H groups in total. The van der Waals surface area contributed by atoms with Crippen molar-refractivity contribution < 1.29 is 14.3 Å². The molecule has 10 heteroatoms. The van der Waals surface area contributed by atoms with Gasteiger partial charge >= 0.3 is 6.03 Å². The first-order chi connectivity index (χ1) is 19.1. The number of carbonyl (C=O) groups excluding carboxylic acids is 1. The van der Waals surface area contributed by atoms with Gasteiger partial charge in [-0.05, 0) is 49.6 Å². The Morgan fingerprint density at radius 1 is 1.00 bits per heavy atom. The summed E-state index contributed by atoms with van der Waals surface area (Å²) in [6.07, 6.45) is 9.80. The highest BCUT2D eigenvalue weighted by Crippen LogP contribution is 2.30. The van der Waals surface area contributed by atoms with Crippen molar-refractivity contribution in [2.75, 3.05) is 49.6 Å². The molecule has 39 heavy (non-hydrogen) atoms. The van der Waals surface area contributed by atoms with Crippen LogP contribution in [0.25, 0.3) is 10.9 Å². The highest BCUT2D eigenvalue weighted by atomic mass is 16.5. The minimum absolute atomic E-state index is 0.0806. The third kappa shape index (κ3) is 6.00. The number of carbonyl (C=O) groups is 1. The first-order valence-electron chi connectivity index (χ1n) is 14.2. The molecule has 1 aromatic carbocycles. The van der Waals surface area contributed by atoms with Crippen molar-refractivity contribution in [3.63, 3.8) is 0 Å². The summed E-state index contributed by atoms with van der Waals surface area (Å²) in [4.78, 5) is 30.3. The lowest BCUT2D eigenvalue weighted by Crippen LogP contribution is -2.48. The number of rotatable bonds is 6. The lowest BCUT2D eigenvalue weighted by atomic mass is 10.1. The summed E-state index contributed by atoms with van der Waals surface area (Å²) in [6, 6.07) is 8.60. The summed E-state index contributed by atoms with van der Waals surface area (Å²) in [6.45, 7) is 6.57. The lowest BCUT2D eigenvalue weighted by Gasteiger charge is -2.33. The molecule has 0 unspecified atom stereocenters. The maximum atomic E-state index is 12.6. The molecule has 2 aliphatic heterocycles. The van der Waals surface area contributed by atoms with E-state index < -0.39 is 0 Å². The summed E-state index contributed by atoms with van der Waals surface area (Å²) in [5.74, 6) is 2.53. The van der Waals surface area contributed by atoms with Gasteiger partial charge < -0.3 is 29.9 Å². The largest absolute Gasteiger partial charge is 0.490 e. The number of benzene rings is 1. The number of piperidine rings is 1. The van der Waals surface area contributed by atoms with Crippen LogP contribution >= 0.6 is 0 Å². The van der Waals surface area contributed by atoms with Crippen LogP contribution in [0.3, 0.4) is 0 Å². The van der Waals surface area contributed by atoms with Crippen molar-refractivity contribution in [1.82, 2.24) is 25.2 Å². The molecule has 2 aromatic heterocycles. The van der Waals surface area contributed by atoms with E-state index in [9.17, 15) is 4.79 Å². The van der Waals surface area contributed by atoms with Gasteiger partial charge in [0.25, 0.3) is 0 Å². The Labute approximate surface area is 229 Å². The number of urea groups is 1. The number of morpholine rings is 1. The van der Waals surface area contributed by atoms with Gasteiger partial charge in [-0.15, -0.1) is 0 Å². The Hall–Kier alpha value is -3.66. The molecule has 206 valence electrons. The number of nitrogens with zero attached hydrogens (tertiary/aromatic N) is 5. The Morgan fingerprint density at radius 3 is 2.56 bits per heavy atom. The van der Waals surface area contributed by atoms with E-state index in [1.807, 2.05) is 23.1 Å². The van der Waals surface area contributed by atoms with Crippen LogP contribution < -0.4 is 20.3 Å². The zero-order valence-corrected chi connectivity index (χ0v) is 22.6. The second-order valence-electron chi connectivity index (χ2n) is 10.7. The molecule has 0 spiro atoms. The zero-order chi connectivity index (χ0) is 26.6. The number of ether oxygens (including phenoxy) is 2. The van der Waals surface area contributed by atoms with E-state index in [4.69, 9.17) is 9.47 Å². The van der Waals surface area contributed by atoms with Crippen LogP contribution in [0.4, 0.5) is 22.1 Å². The van der Waals surface area contributed by atoms with E-state index in [1.54, 1.807) is 12.5 Å². The number of amides is 2. The number of pyridine rings is 1. The summed E-state index contributed by atoms with van der Waals surface area (Å²) in [7, 11) is 0. The maximum Gasteiger partial charge on any atom is 0.317 e. The van der Waals surface area contributed by atoms with Gasteiger partial charge in [-0.3, -0.25) is 0 Å². The second-order valence-corrected chi connectivity index (χ2v) is 10.7. The van der Waals surface area contributed by atoms with Crippen LogP contribution in [0.2, 0.25) is 0 Å². The van der Waals surface area contributed by atoms with Gasteiger partial charge in [-0.25, -0.2) is 19.7 Å². The Bertz CT molecular complexity index is 1300. The van der Waals surface area contributed by atoms with Gasteiger partial charge in [0.05, 0.1) is 24.9 Å². The first kappa shape index (κ1) is 25.6. The average Bonchev–Trinajstić information content (AvgIpc) is 3.48. The fourth-order valence-electron chi connectivity index (χ4n) is 5.70. The standard InChI is InChI=1S/C29H37N7O3/c1-20-16-22(33-28-24-17-27(35-12-14-38-15-13-35)30-18-25(24)31-19-32-28)6-7-26(20)39-23-8-10-36(11-9-23)29(37)34-21-4-2-3-5-21/h6-7,16-19,21,23H,2-5,8-15H2,1H3,(H,34,37)(H,31,32,33). The molecule has 1 aliphatic carbocycles. The molecule has 3 aromatic rings. The summed E-state index contributed by atoms with van der Waals surface area (Å²) >= 11 is 0. The van der Waals surface area contributed by atoms with Crippen molar-refractivity contribution in [3.05, 3.63) is 42.4 Å². The summed E-state index contributed by atoms with van der Waals surface area (Å²) in [5.41, 5.74) is 2.78. The molecule has 0 atom stereocenters. The molecule has 3 fully saturated rings. The number of anilines is 3. The van der Waals surface area contributed by atoms with Gasteiger partial charge in [-0.2, -0.15) is 0 Å². The van der Waals surface area contributed by atoms with E-state index in [0.717, 1.165) is 91.4 Å². The molecule has 0 radical (unpaired) electrons. The minimum atomic E-state index is 0.0806. The fraction of sp³-hybridized carbons (Fsp3) is 0.517. The van der Waals surface area contributed by atoms with Gasteiger partial charge in [-0.1, -0.05) is 12.8 Å². The molecule has 3 aliphatic rings. The van der Waals surface area contributed by atoms with Crippen LogP contribution in [0.15, 0.2) is 36.8 Å². The minimum Gasteiger partial charge on any atom is -0.490 e. The average molecular weight is 532 g/mol. The third-order valence-corrected chi connectivity index (χ3v) is 7.99. The SMILES string of the molecule is Cc1cc(Nc2ncnc3cnc(N4CCOCC4)cc23)ccc1OC1CCN(C(=O)NC2CCCC2)CC1. The molecule has 1 saturated carbocycles.